The third-order valence-electron chi connectivity index (χ3n) is 3.94. The van der Waals surface area contributed by atoms with Crippen LogP contribution < -0.4 is 10.2 Å². The predicted molar refractivity (Wildman–Crippen MR) is 87.4 cm³/mol. The van der Waals surface area contributed by atoms with E-state index in [-0.39, 0.29) is 5.54 Å². The summed E-state index contributed by atoms with van der Waals surface area (Å²) in [6.45, 7) is 15.6. The fourth-order valence-corrected chi connectivity index (χ4v) is 2.51. The minimum absolute atomic E-state index is 0.176. The van der Waals surface area contributed by atoms with Crippen molar-refractivity contribution in [3.8, 4) is 0 Å². The Kier molecular flexibility index (Phi) is 5.06. The van der Waals surface area contributed by atoms with Gasteiger partial charge in [0, 0.05) is 44.0 Å². The molecule has 1 fully saturated rings. The van der Waals surface area contributed by atoms with E-state index in [1.807, 2.05) is 0 Å². The van der Waals surface area contributed by atoms with Crippen molar-refractivity contribution in [2.24, 2.45) is 0 Å². The van der Waals surface area contributed by atoms with Crippen LogP contribution in [0, 0.1) is 0 Å². The molecule has 3 nitrogen and oxygen atoms in total. The molecule has 0 radical (unpaired) electrons. The number of benzene rings is 1. The van der Waals surface area contributed by atoms with Crippen molar-refractivity contribution in [2.45, 2.75) is 39.8 Å². The maximum atomic E-state index is 3.53. The van der Waals surface area contributed by atoms with Crippen LogP contribution in [-0.2, 0) is 6.54 Å². The van der Waals surface area contributed by atoms with E-state index in [4.69, 9.17) is 0 Å². The van der Waals surface area contributed by atoms with E-state index >= 15 is 0 Å². The van der Waals surface area contributed by atoms with Gasteiger partial charge in [-0.2, -0.15) is 0 Å². The van der Waals surface area contributed by atoms with Gasteiger partial charge in [0.05, 0.1) is 0 Å². The molecule has 1 saturated heterocycles. The van der Waals surface area contributed by atoms with E-state index in [2.05, 4.69) is 67.1 Å². The summed E-state index contributed by atoms with van der Waals surface area (Å²) in [5.74, 6) is 0. The Bertz CT molecular complexity index is 397. The van der Waals surface area contributed by atoms with E-state index < -0.39 is 0 Å². The van der Waals surface area contributed by atoms with Crippen molar-refractivity contribution in [2.75, 3.05) is 37.6 Å². The van der Waals surface area contributed by atoms with E-state index in [0.717, 1.165) is 19.6 Å². The molecular weight excluding hydrogens is 246 g/mol. The summed E-state index contributed by atoms with van der Waals surface area (Å²) < 4.78 is 0. The Morgan fingerprint density at radius 3 is 2.10 bits per heavy atom. The summed E-state index contributed by atoms with van der Waals surface area (Å²) in [7, 11) is 0. The third-order valence-corrected chi connectivity index (χ3v) is 3.94. The first kappa shape index (κ1) is 15.3. The molecule has 2 rings (SSSR count). The minimum atomic E-state index is 0.176. The Hall–Kier alpha value is -1.06. The van der Waals surface area contributed by atoms with Gasteiger partial charge in [-0.1, -0.05) is 19.1 Å². The fourth-order valence-electron chi connectivity index (χ4n) is 2.51. The molecule has 0 amide bonds. The van der Waals surface area contributed by atoms with Crippen LogP contribution in [0.5, 0.6) is 0 Å². The number of likely N-dealkylation sites (N-methyl/N-ethyl adjacent to an activating group) is 1. The second-order valence-corrected chi connectivity index (χ2v) is 6.69. The highest BCUT2D eigenvalue weighted by molar-refractivity contribution is 5.48. The lowest BCUT2D eigenvalue weighted by atomic mass is 10.1. The largest absolute Gasteiger partial charge is 0.369 e. The summed E-state index contributed by atoms with van der Waals surface area (Å²) in [6.07, 6.45) is 0. The highest BCUT2D eigenvalue weighted by atomic mass is 15.3. The van der Waals surface area contributed by atoms with Crippen LogP contribution >= 0.6 is 0 Å². The first-order chi connectivity index (χ1) is 9.48. The number of nitrogens with zero attached hydrogens (tertiary/aromatic N) is 2. The monoisotopic (exact) mass is 275 g/mol. The molecule has 3 heteroatoms. The second kappa shape index (κ2) is 6.59. The first-order valence-corrected chi connectivity index (χ1v) is 7.79. The lowest BCUT2D eigenvalue weighted by Gasteiger charge is -2.35. The van der Waals surface area contributed by atoms with E-state index in [1.54, 1.807) is 0 Å². The van der Waals surface area contributed by atoms with Gasteiger partial charge in [-0.15, -0.1) is 0 Å². The number of rotatable bonds is 4. The van der Waals surface area contributed by atoms with Crippen LogP contribution in [0.25, 0.3) is 0 Å². The summed E-state index contributed by atoms with van der Waals surface area (Å²) in [6, 6.07) is 9.03. The van der Waals surface area contributed by atoms with Crippen molar-refractivity contribution >= 4 is 5.69 Å². The van der Waals surface area contributed by atoms with E-state index in [0.29, 0.717) is 0 Å². The molecule has 0 spiro atoms. The molecule has 1 aliphatic rings. The van der Waals surface area contributed by atoms with Gasteiger partial charge in [0.2, 0.25) is 0 Å². The molecule has 1 N–H and O–H groups in total. The number of nitrogens with one attached hydrogen (secondary N) is 1. The standard InChI is InChI=1S/C17H29N3/c1-5-19-10-12-20(13-11-19)16-8-6-15(7-9-16)14-18-17(2,3)4/h6-9,18H,5,10-14H2,1-4H3. The van der Waals surface area contributed by atoms with Gasteiger partial charge in [0.25, 0.3) is 0 Å². The van der Waals surface area contributed by atoms with Crippen molar-refractivity contribution in [1.82, 2.24) is 10.2 Å². The molecular formula is C17H29N3. The minimum Gasteiger partial charge on any atom is -0.369 e. The van der Waals surface area contributed by atoms with Crippen molar-refractivity contribution in [3.63, 3.8) is 0 Å². The molecule has 1 heterocycles. The van der Waals surface area contributed by atoms with Gasteiger partial charge in [0.15, 0.2) is 0 Å². The summed E-state index contributed by atoms with van der Waals surface area (Å²) in [4.78, 5) is 5.01. The number of hydrogen-bond acceptors (Lipinski definition) is 3. The number of anilines is 1. The second-order valence-electron chi connectivity index (χ2n) is 6.69. The van der Waals surface area contributed by atoms with Gasteiger partial charge in [-0.3, -0.25) is 0 Å². The zero-order chi connectivity index (χ0) is 14.6. The van der Waals surface area contributed by atoms with Crippen LogP contribution in [0.4, 0.5) is 5.69 Å². The SMILES string of the molecule is CCN1CCN(c2ccc(CNC(C)(C)C)cc2)CC1. The Balaban J connectivity index is 1.88. The molecule has 0 atom stereocenters. The summed E-state index contributed by atoms with van der Waals surface area (Å²) >= 11 is 0. The highest BCUT2D eigenvalue weighted by Crippen LogP contribution is 2.17. The van der Waals surface area contributed by atoms with Gasteiger partial charge in [0.1, 0.15) is 0 Å². The van der Waals surface area contributed by atoms with Crippen LogP contribution in [-0.4, -0.2) is 43.2 Å². The van der Waals surface area contributed by atoms with Crippen molar-refractivity contribution in [1.29, 1.82) is 0 Å². The smallest absolute Gasteiger partial charge is 0.0367 e. The first-order valence-electron chi connectivity index (χ1n) is 7.79. The lowest BCUT2D eigenvalue weighted by Crippen LogP contribution is -2.46. The molecule has 20 heavy (non-hydrogen) atoms. The molecule has 0 aromatic heterocycles. The maximum absolute atomic E-state index is 3.53. The highest BCUT2D eigenvalue weighted by Gasteiger charge is 2.15. The average Bonchev–Trinajstić information content (AvgIpc) is 2.45. The molecule has 112 valence electrons. The molecule has 0 aliphatic carbocycles. The van der Waals surface area contributed by atoms with Crippen molar-refractivity contribution < 1.29 is 0 Å². The van der Waals surface area contributed by atoms with Gasteiger partial charge in [-0.05, 0) is 45.0 Å². The third kappa shape index (κ3) is 4.50. The molecule has 1 aliphatic heterocycles. The predicted octanol–water partition coefficient (Wildman–Crippen LogP) is 2.72. The normalized spacial score (nSPS) is 17.5. The van der Waals surface area contributed by atoms with Gasteiger partial charge >= 0.3 is 0 Å². The molecule has 0 bridgehead atoms. The van der Waals surface area contributed by atoms with E-state index in [1.165, 1.54) is 30.9 Å². The average molecular weight is 275 g/mol. The molecule has 1 aromatic rings. The fraction of sp³-hybridized carbons (Fsp3) is 0.647. The quantitative estimate of drug-likeness (QED) is 0.911. The zero-order valence-corrected chi connectivity index (χ0v) is 13.4. The van der Waals surface area contributed by atoms with Crippen molar-refractivity contribution in [3.05, 3.63) is 29.8 Å². The lowest BCUT2D eigenvalue weighted by molar-refractivity contribution is 0.271. The Labute approximate surface area is 124 Å². The van der Waals surface area contributed by atoms with Crippen LogP contribution in [0.15, 0.2) is 24.3 Å². The number of hydrogen-bond donors (Lipinski definition) is 1. The van der Waals surface area contributed by atoms with Gasteiger partial charge in [-0.25, -0.2) is 0 Å². The Morgan fingerprint density at radius 1 is 1.00 bits per heavy atom. The summed E-state index contributed by atoms with van der Waals surface area (Å²) in [5, 5.41) is 3.53. The summed E-state index contributed by atoms with van der Waals surface area (Å²) in [5.41, 5.74) is 2.89. The molecule has 0 saturated carbocycles. The zero-order valence-electron chi connectivity index (χ0n) is 13.4. The molecule has 1 aromatic carbocycles. The van der Waals surface area contributed by atoms with E-state index in [9.17, 15) is 0 Å². The van der Waals surface area contributed by atoms with Gasteiger partial charge < -0.3 is 15.1 Å². The van der Waals surface area contributed by atoms with Crippen LogP contribution in [0.2, 0.25) is 0 Å². The Morgan fingerprint density at radius 2 is 1.60 bits per heavy atom. The van der Waals surface area contributed by atoms with Crippen LogP contribution in [0.3, 0.4) is 0 Å². The maximum Gasteiger partial charge on any atom is 0.0367 e. The van der Waals surface area contributed by atoms with Crippen LogP contribution in [0.1, 0.15) is 33.3 Å². The molecule has 0 unspecified atom stereocenters. The number of piperazine rings is 1. The topological polar surface area (TPSA) is 18.5 Å².